The second-order valence-corrected chi connectivity index (χ2v) is 5.81. The number of carbonyl (C=O) groups excluding carboxylic acids is 1. The SMILES string of the molecule is Cn1cc(CNC(=O)NC2CCc3[nH]ncc3C2)c(C(F)(F)F)n1. The Bertz CT molecular complexity index is 735. The van der Waals surface area contributed by atoms with E-state index >= 15 is 0 Å². The lowest BCUT2D eigenvalue weighted by atomic mass is 9.94. The third kappa shape index (κ3) is 3.52. The van der Waals surface area contributed by atoms with Crippen LogP contribution in [0.3, 0.4) is 0 Å². The molecule has 1 aliphatic rings. The van der Waals surface area contributed by atoms with Gasteiger partial charge in [-0.05, 0) is 24.8 Å². The van der Waals surface area contributed by atoms with Gasteiger partial charge in [-0.1, -0.05) is 0 Å². The molecule has 0 radical (unpaired) electrons. The van der Waals surface area contributed by atoms with Gasteiger partial charge < -0.3 is 10.6 Å². The minimum absolute atomic E-state index is 0.0638. The lowest BCUT2D eigenvalue weighted by Gasteiger charge is -2.23. The van der Waals surface area contributed by atoms with Gasteiger partial charge in [-0.2, -0.15) is 23.4 Å². The maximum atomic E-state index is 12.9. The Balaban J connectivity index is 1.55. The average molecular weight is 342 g/mol. The van der Waals surface area contributed by atoms with Crippen LogP contribution < -0.4 is 10.6 Å². The van der Waals surface area contributed by atoms with Gasteiger partial charge in [0.15, 0.2) is 5.69 Å². The summed E-state index contributed by atoms with van der Waals surface area (Å²) in [5.41, 5.74) is 1.07. The topological polar surface area (TPSA) is 87.6 Å². The quantitative estimate of drug-likeness (QED) is 0.790. The number of fused-ring (bicyclic) bond motifs is 1. The van der Waals surface area contributed by atoms with E-state index < -0.39 is 17.9 Å². The standard InChI is InChI=1S/C14H17F3N6O/c1-23-7-9(12(22-23)14(15,16)17)5-18-13(24)20-10-2-3-11-8(4-10)6-19-21-11/h6-7,10H,2-5H2,1H3,(H,19,21)(H2,18,20,24). The number of rotatable bonds is 3. The number of halogens is 3. The third-order valence-electron chi connectivity index (χ3n) is 3.96. The van der Waals surface area contributed by atoms with Crippen LogP contribution in [0.2, 0.25) is 0 Å². The van der Waals surface area contributed by atoms with Crippen LogP contribution in [0.15, 0.2) is 12.4 Å². The Labute approximate surface area is 135 Å². The summed E-state index contributed by atoms with van der Waals surface area (Å²) in [6, 6.07) is -0.560. The van der Waals surface area contributed by atoms with Crippen LogP contribution in [-0.2, 0) is 32.6 Å². The summed E-state index contributed by atoms with van der Waals surface area (Å²) in [6.07, 6.45) is 0.619. The number of aryl methyl sites for hydroxylation is 2. The zero-order chi connectivity index (χ0) is 17.3. The molecule has 10 heteroatoms. The molecule has 3 N–H and O–H groups in total. The van der Waals surface area contributed by atoms with Crippen LogP contribution in [0.25, 0.3) is 0 Å². The molecule has 130 valence electrons. The Hall–Kier alpha value is -2.52. The van der Waals surface area contributed by atoms with E-state index in [2.05, 4.69) is 25.9 Å². The number of H-pyrrole nitrogens is 1. The highest BCUT2D eigenvalue weighted by molar-refractivity contribution is 5.74. The summed E-state index contributed by atoms with van der Waals surface area (Å²) in [5, 5.41) is 15.5. The Morgan fingerprint density at radius 3 is 3.04 bits per heavy atom. The fourth-order valence-electron chi connectivity index (χ4n) is 2.86. The zero-order valence-corrected chi connectivity index (χ0v) is 12.9. The summed E-state index contributed by atoms with van der Waals surface area (Å²) in [4.78, 5) is 11.9. The van der Waals surface area contributed by atoms with Gasteiger partial charge >= 0.3 is 12.2 Å². The minimum Gasteiger partial charge on any atom is -0.335 e. The number of hydrogen-bond donors (Lipinski definition) is 3. The number of hydrogen-bond acceptors (Lipinski definition) is 3. The molecule has 1 unspecified atom stereocenters. The fraction of sp³-hybridized carbons (Fsp3) is 0.500. The largest absolute Gasteiger partial charge is 0.435 e. The smallest absolute Gasteiger partial charge is 0.335 e. The van der Waals surface area contributed by atoms with E-state index in [0.29, 0.717) is 6.42 Å². The van der Waals surface area contributed by atoms with Crippen molar-refractivity contribution in [3.8, 4) is 0 Å². The molecule has 2 aromatic rings. The summed E-state index contributed by atoms with van der Waals surface area (Å²) < 4.78 is 39.7. The molecule has 1 aliphatic carbocycles. The highest BCUT2D eigenvalue weighted by atomic mass is 19.4. The Kier molecular flexibility index (Phi) is 4.20. The maximum Gasteiger partial charge on any atom is 0.435 e. The van der Waals surface area contributed by atoms with Gasteiger partial charge in [0, 0.05) is 37.1 Å². The van der Waals surface area contributed by atoms with Crippen molar-refractivity contribution in [2.75, 3.05) is 0 Å². The molecule has 1 atom stereocenters. The van der Waals surface area contributed by atoms with Crippen molar-refractivity contribution in [1.82, 2.24) is 30.6 Å². The lowest BCUT2D eigenvalue weighted by molar-refractivity contribution is -0.142. The first-order valence-electron chi connectivity index (χ1n) is 7.48. The molecule has 7 nitrogen and oxygen atoms in total. The molecule has 0 fully saturated rings. The number of aromatic amines is 1. The maximum absolute atomic E-state index is 12.9. The summed E-state index contributed by atoms with van der Waals surface area (Å²) >= 11 is 0. The van der Waals surface area contributed by atoms with Gasteiger partial charge in [0.2, 0.25) is 0 Å². The number of carbonyl (C=O) groups is 1. The molecule has 2 heterocycles. The molecule has 0 saturated carbocycles. The monoisotopic (exact) mass is 342 g/mol. The molecule has 0 spiro atoms. The first-order chi connectivity index (χ1) is 11.3. The molecule has 0 aromatic carbocycles. The van der Waals surface area contributed by atoms with E-state index in [0.717, 1.165) is 28.8 Å². The van der Waals surface area contributed by atoms with Crippen LogP contribution in [0.5, 0.6) is 0 Å². The van der Waals surface area contributed by atoms with E-state index in [-0.39, 0.29) is 18.2 Å². The minimum atomic E-state index is -4.55. The molecular formula is C14H17F3N6O. The second-order valence-electron chi connectivity index (χ2n) is 5.81. The van der Waals surface area contributed by atoms with Crippen molar-refractivity contribution in [2.45, 2.75) is 38.0 Å². The molecule has 3 rings (SSSR count). The normalized spacial score (nSPS) is 17.4. The van der Waals surface area contributed by atoms with E-state index in [1.807, 2.05) is 0 Å². The molecule has 0 bridgehead atoms. The molecule has 0 aliphatic heterocycles. The third-order valence-corrected chi connectivity index (χ3v) is 3.96. The van der Waals surface area contributed by atoms with E-state index in [1.54, 1.807) is 6.20 Å². The highest BCUT2D eigenvalue weighted by Gasteiger charge is 2.36. The van der Waals surface area contributed by atoms with Crippen LogP contribution in [0.1, 0.15) is 28.9 Å². The fourth-order valence-corrected chi connectivity index (χ4v) is 2.86. The predicted octanol–water partition coefficient (Wildman–Crippen LogP) is 1.52. The van der Waals surface area contributed by atoms with Gasteiger partial charge in [0.1, 0.15) is 0 Å². The van der Waals surface area contributed by atoms with E-state index in [4.69, 9.17) is 0 Å². The first kappa shape index (κ1) is 16.3. The number of aromatic nitrogens is 4. The molecule has 24 heavy (non-hydrogen) atoms. The van der Waals surface area contributed by atoms with Crippen molar-refractivity contribution in [3.63, 3.8) is 0 Å². The summed E-state index contributed by atoms with van der Waals surface area (Å²) in [6.45, 7) is -0.238. The van der Waals surface area contributed by atoms with E-state index in [9.17, 15) is 18.0 Å². The molecule has 2 aromatic heterocycles. The number of alkyl halides is 3. The molecule has 0 saturated heterocycles. The molecular weight excluding hydrogens is 325 g/mol. The number of nitrogens with zero attached hydrogens (tertiary/aromatic N) is 3. The van der Waals surface area contributed by atoms with Gasteiger partial charge in [-0.15, -0.1) is 0 Å². The van der Waals surface area contributed by atoms with Crippen LogP contribution in [0, 0.1) is 0 Å². The average Bonchev–Trinajstić information content (AvgIpc) is 3.10. The van der Waals surface area contributed by atoms with Gasteiger partial charge in [-0.25, -0.2) is 4.79 Å². The van der Waals surface area contributed by atoms with Crippen molar-refractivity contribution in [2.24, 2.45) is 7.05 Å². The predicted molar refractivity (Wildman–Crippen MR) is 78.0 cm³/mol. The highest BCUT2D eigenvalue weighted by Crippen LogP contribution is 2.30. The van der Waals surface area contributed by atoms with Gasteiger partial charge in [0.05, 0.1) is 6.20 Å². The van der Waals surface area contributed by atoms with Crippen molar-refractivity contribution in [3.05, 3.63) is 34.9 Å². The van der Waals surface area contributed by atoms with Gasteiger partial charge in [-0.3, -0.25) is 9.78 Å². The summed E-state index contributed by atoms with van der Waals surface area (Å²) in [7, 11) is 1.41. The first-order valence-corrected chi connectivity index (χ1v) is 7.48. The molecule has 2 amide bonds. The van der Waals surface area contributed by atoms with Crippen LogP contribution in [-0.4, -0.2) is 32.1 Å². The Morgan fingerprint density at radius 2 is 2.29 bits per heavy atom. The zero-order valence-electron chi connectivity index (χ0n) is 12.9. The number of amides is 2. The van der Waals surface area contributed by atoms with Crippen LogP contribution >= 0.6 is 0 Å². The Morgan fingerprint density at radius 1 is 1.50 bits per heavy atom. The number of urea groups is 1. The van der Waals surface area contributed by atoms with Crippen LogP contribution in [0.4, 0.5) is 18.0 Å². The van der Waals surface area contributed by atoms with E-state index in [1.165, 1.54) is 13.2 Å². The lowest BCUT2D eigenvalue weighted by Crippen LogP contribution is -2.44. The van der Waals surface area contributed by atoms with Gasteiger partial charge in [0.25, 0.3) is 0 Å². The van der Waals surface area contributed by atoms with Crippen molar-refractivity contribution < 1.29 is 18.0 Å². The second kappa shape index (κ2) is 6.17. The number of nitrogens with one attached hydrogen (secondary N) is 3. The van der Waals surface area contributed by atoms with Crippen molar-refractivity contribution in [1.29, 1.82) is 0 Å². The van der Waals surface area contributed by atoms with Crippen molar-refractivity contribution >= 4 is 6.03 Å². The summed E-state index contributed by atoms with van der Waals surface area (Å²) in [5.74, 6) is 0.